The number of benzene rings is 12. The highest BCUT2D eigenvalue weighted by Gasteiger charge is 2.29. The third-order valence-corrected chi connectivity index (χ3v) is 18.7. The minimum atomic E-state index is -0.106. The summed E-state index contributed by atoms with van der Waals surface area (Å²) in [4.78, 5) is 10.6. The van der Waals surface area contributed by atoms with E-state index < -0.39 is 0 Å². The molecule has 2 saturated carbocycles. The van der Waals surface area contributed by atoms with Crippen LogP contribution >= 0.6 is 0 Å². The molecule has 12 aromatic carbocycles. The molecular weight excluding hydrogens is 1090 g/mol. The third kappa shape index (κ3) is 10.4. The average Bonchev–Trinajstić information content (AvgIpc) is 0.946. The van der Waals surface area contributed by atoms with Crippen LogP contribution in [0.3, 0.4) is 0 Å². The minimum absolute atomic E-state index is 0.000416. The molecule has 0 amide bonds. The molecule has 2 fully saturated rings. The molecule has 0 aromatic heterocycles. The van der Waals surface area contributed by atoms with Crippen molar-refractivity contribution in [2.75, 3.05) is 14.2 Å². The van der Waals surface area contributed by atoms with Gasteiger partial charge in [0.1, 0.15) is 34.5 Å². The fourth-order valence-electron chi connectivity index (χ4n) is 14.2. The fourth-order valence-corrected chi connectivity index (χ4v) is 14.2. The molecule has 0 saturated heterocycles. The fraction of sp³-hybridized carbons (Fsp3) is 0.205. The Kier molecular flexibility index (Phi) is 15.4. The molecule has 0 aliphatic heterocycles. The van der Waals surface area contributed by atoms with Crippen LogP contribution in [0.4, 0.5) is 0 Å². The first-order valence-electron chi connectivity index (χ1n) is 30.9. The van der Waals surface area contributed by atoms with Crippen LogP contribution in [0.2, 0.25) is 0 Å². The largest absolute Gasteiger partial charge is 0.507 e. The molecule has 12 aromatic rings. The van der Waals surface area contributed by atoms with Crippen molar-refractivity contribution >= 4 is 77.1 Å². The monoisotopic (exact) mass is 1160 g/mol. The Morgan fingerprint density at radius 2 is 0.670 bits per heavy atom. The highest BCUT2D eigenvalue weighted by Crippen LogP contribution is 2.50. The van der Waals surface area contributed by atoms with Crippen molar-refractivity contribution in [1.29, 1.82) is 0 Å². The number of fused-ring (bicyclic) bond motifs is 6. The summed E-state index contributed by atoms with van der Waals surface area (Å²) in [6, 6.07) is 64.8. The number of phenolic OH excluding ortho intramolecular Hbond substituents is 4. The lowest BCUT2D eigenvalue weighted by molar-refractivity contribution is 0.327. The smallest absolute Gasteiger partial charge is 0.132 e. The van der Waals surface area contributed by atoms with E-state index in [4.69, 9.17) is 19.5 Å². The van der Waals surface area contributed by atoms with Crippen LogP contribution in [-0.4, -0.2) is 71.2 Å². The summed E-state index contributed by atoms with van der Waals surface area (Å²) in [5.41, 5.74) is 6.95. The summed E-state index contributed by atoms with van der Waals surface area (Å²) in [6.07, 6.45) is 11.3. The van der Waals surface area contributed by atoms with Crippen molar-refractivity contribution in [3.8, 4) is 67.9 Å². The number of nitrogens with one attached hydrogen (secondary N) is 2. The molecule has 88 heavy (non-hydrogen) atoms. The van der Waals surface area contributed by atoms with Gasteiger partial charge >= 0.3 is 0 Å². The highest BCUT2D eigenvalue weighted by molar-refractivity contribution is 6.15. The first-order valence-corrected chi connectivity index (χ1v) is 30.9. The average molecular weight is 1160 g/mol. The topological polar surface area (TPSA) is 148 Å². The van der Waals surface area contributed by atoms with Gasteiger partial charge in [0.2, 0.25) is 0 Å². The Bertz CT molecular complexity index is 4430. The van der Waals surface area contributed by atoms with E-state index in [1.807, 2.05) is 134 Å². The molecule has 2 aliphatic carbocycles. The number of phenols is 4. The van der Waals surface area contributed by atoms with Crippen LogP contribution in [0.5, 0.6) is 34.5 Å². The van der Waals surface area contributed by atoms with Gasteiger partial charge in [-0.15, -0.1) is 0 Å². The maximum Gasteiger partial charge on any atom is 0.132 e. The maximum absolute atomic E-state index is 12.7. The maximum atomic E-state index is 12.7. The number of hydrogen-bond donors (Lipinski definition) is 6. The number of methoxy groups -OCH3 is 2. The van der Waals surface area contributed by atoms with E-state index in [9.17, 15) is 20.4 Å². The van der Waals surface area contributed by atoms with Crippen molar-refractivity contribution in [2.24, 2.45) is 9.98 Å². The third-order valence-electron chi connectivity index (χ3n) is 18.7. The van der Waals surface area contributed by atoms with Gasteiger partial charge in [0.15, 0.2) is 0 Å². The summed E-state index contributed by atoms with van der Waals surface area (Å²) in [6.45, 7) is 0.839. The lowest BCUT2D eigenvalue weighted by Crippen LogP contribution is -2.40. The van der Waals surface area contributed by atoms with Gasteiger partial charge in [-0.05, 0) is 127 Å². The van der Waals surface area contributed by atoms with Gasteiger partial charge in [-0.1, -0.05) is 183 Å². The van der Waals surface area contributed by atoms with E-state index in [0.29, 0.717) is 46.8 Å². The number of hydrogen-bond acceptors (Lipinski definition) is 10. The lowest BCUT2D eigenvalue weighted by atomic mass is 9.88. The quantitative estimate of drug-likeness (QED) is 0.0556. The summed E-state index contributed by atoms with van der Waals surface area (Å²) in [5, 5.41) is 69.4. The number of ether oxygens (including phenoxy) is 2. The molecule has 0 radical (unpaired) electrons. The molecule has 10 nitrogen and oxygen atoms in total. The normalized spacial score (nSPS) is 17.3. The Morgan fingerprint density at radius 3 is 1.03 bits per heavy atom. The van der Waals surface area contributed by atoms with Crippen molar-refractivity contribution in [3.05, 3.63) is 216 Å². The Hall–Kier alpha value is -9.74. The van der Waals surface area contributed by atoms with Crippen LogP contribution in [-0.2, 0) is 13.1 Å². The molecule has 0 spiro atoms. The molecule has 10 heteroatoms. The molecule has 2 aliphatic rings. The second kappa shape index (κ2) is 24.2. The summed E-state index contributed by atoms with van der Waals surface area (Å²) in [5.74, 6) is 1.89. The number of rotatable bonds is 15. The van der Waals surface area contributed by atoms with Crippen molar-refractivity contribution in [2.45, 2.75) is 88.6 Å². The summed E-state index contributed by atoms with van der Waals surface area (Å²) >= 11 is 0. The van der Waals surface area contributed by atoms with Crippen LogP contribution in [0.25, 0.3) is 98.0 Å². The SMILES string of the molecule is COc1ccc2ccccc2c1-c1c(O)c(CN[C@@H]2CCCC[C@H]2N=Cc2cc3ccccc3c(-c3c(O)c(C=N[C@@H]4CCCC[C@H]4NCc4cc5ccccc5c(-c5c(OC)ccc6ccccc56)c4O)cc4ccccc34)c2O)cc2ccccc12. The van der Waals surface area contributed by atoms with E-state index in [1.165, 1.54) is 0 Å². The second-order valence-corrected chi connectivity index (χ2v) is 23.7. The van der Waals surface area contributed by atoms with Crippen molar-refractivity contribution in [3.63, 3.8) is 0 Å². The van der Waals surface area contributed by atoms with Crippen LogP contribution in [0, 0.1) is 0 Å². The van der Waals surface area contributed by atoms with E-state index in [2.05, 4.69) is 83.4 Å². The second-order valence-electron chi connectivity index (χ2n) is 23.7. The zero-order chi connectivity index (χ0) is 59.8. The van der Waals surface area contributed by atoms with Crippen molar-refractivity contribution in [1.82, 2.24) is 10.6 Å². The van der Waals surface area contributed by atoms with Crippen LogP contribution < -0.4 is 20.1 Å². The van der Waals surface area contributed by atoms with Gasteiger partial charge in [0, 0.05) is 93.2 Å². The highest BCUT2D eigenvalue weighted by atomic mass is 16.5. The van der Waals surface area contributed by atoms with E-state index in [1.54, 1.807) is 14.2 Å². The first kappa shape index (κ1) is 56.1. The van der Waals surface area contributed by atoms with Gasteiger partial charge < -0.3 is 40.5 Å². The predicted molar refractivity (Wildman–Crippen MR) is 361 cm³/mol. The minimum Gasteiger partial charge on any atom is -0.507 e. The van der Waals surface area contributed by atoms with Crippen LogP contribution in [0.1, 0.15) is 73.6 Å². The van der Waals surface area contributed by atoms with E-state index in [0.717, 1.165) is 149 Å². The Labute approximate surface area is 512 Å². The van der Waals surface area contributed by atoms with Gasteiger partial charge in [-0.2, -0.15) is 0 Å². The molecule has 4 atom stereocenters. The van der Waals surface area contributed by atoms with Crippen LogP contribution in [0.15, 0.2) is 204 Å². The number of nitrogens with zero attached hydrogens (tertiary/aromatic N) is 2. The van der Waals surface area contributed by atoms with Gasteiger partial charge in [-0.25, -0.2) is 0 Å². The molecular formula is C78H70N4O6. The predicted octanol–water partition coefficient (Wildman–Crippen LogP) is 17.5. The van der Waals surface area contributed by atoms with E-state index in [-0.39, 0.29) is 47.2 Å². The molecule has 0 heterocycles. The summed E-state index contributed by atoms with van der Waals surface area (Å²) < 4.78 is 12.0. The lowest BCUT2D eigenvalue weighted by Gasteiger charge is -2.30. The molecule has 6 N–H and O–H groups in total. The summed E-state index contributed by atoms with van der Waals surface area (Å²) in [7, 11) is 3.35. The molecule has 0 unspecified atom stereocenters. The van der Waals surface area contributed by atoms with Gasteiger partial charge in [0.25, 0.3) is 0 Å². The zero-order valence-electron chi connectivity index (χ0n) is 49.5. The number of aliphatic imine (C=N–C) groups is 2. The Balaban J connectivity index is 0.764. The standard InChI is InChI=1S/C78H70N4O6/c1-87-67-37-35-47-19-3-9-25-57(47)69(67)71-59-27-11-5-21-49(59)39-53(75(71)83)43-79-63-31-15-17-33-65(63)81-45-55-41-51-23-7-13-29-61(51)73(77(55)85)74-62-30-14-8-24-52(62)42-56(78(74)86)46-82-66-34-18-16-32-64(66)80-44-54-40-50-22-6-12-28-60(50)72(76(54)84)70-58-26-10-4-20-48(58)36-38-68(70)88-2/h3-14,19-30,35-42,45-46,63-66,79-80,83-86H,15-18,31-34,43-44H2,1-2H3/t63-,64-,65-,66-/m1/s1. The van der Waals surface area contributed by atoms with Gasteiger partial charge in [-0.3, -0.25) is 9.98 Å². The first-order chi connectivity index (χ1) is 43.2. The zero-order valence-corrected chi connectivity index (χ0v) is 49.5. The molecule has 14 rings (SSSR count). The molecule has 0 bridgehead atoms. The number of aromatic hydroxyl groups is 4. The van der Waals surface area contributed by atoms with E-state index >= 15 is 0 Å². The molecule has 438 valence electrons. The van der Waals surface area contributed by atoms with Crippen molar-refractivity contribution < 1.29 is 29.9 Å². The Morgan fingerprint density at radius 1 is 0.364 bits per heavy atom. The van der Waals surface area contributed by atoms with Gasteiger partial charge in [0.05, 0.1) is 26.3 Å².